The number of rotatable bonds is 4. The van der Waals surface area contributed by atoms with Crippen molar-refractivity contribution in [2.45, 2.75) is 6.92 Å². The van der Waals surface area contributed by atoms with Gasteiger partial charge in [0.15, 0.2) is 0 Å². The Morgan fingerprint density at radius 1 is 1.16 bits per heavy atom. The number of hydrogen-bond donors (Lipinski definition) is 0. The third-order valence-corrected chi connectivity index (χ3v) is 2.69. The average Bonchev–Trinajstić information content (AvgIpc) is 2.45. The van der Waals surface area contributed by atoms with Gasteiger partial charge < -0.3 is 4.74 Å². The molecule has 0 spiro atoms. The van der Waals surface area contributed by atoms with Crippen molar-refractivity contribution in [2.75, 3.05) is 6.61 Å². The van der Waals surface area contributed by atoms with E-state index in [4.69, 9.17) is 11.2 Å². The normalized spacial score (nSPS) is 10.3. The number of terminal acetylenes is 1. The van der Waals surface area contributed by atoms with Crippen LogP contribution in [0, 0.1) is 19.3 Å². The second kappa shape index (κ2) is 6.42. The van der Waals surface area contributed by atoms with Gasteiger partial charge in [-0.05, 0) is 30.7 Å². The molecule has 0 heterocycles. The first-order chi connectivity index (χ1) is 9.31. The lowest BCUT2D eigenvalue weighted by Crippen LogP contribution is -1.97. The van der Waals surface area contributed by atoms with Gasteiger partial charge in [0.25, 0.3) is 0 Å². The summed E-state index contributed by atoms with van der Waals surface area (Å²) in [4.78, 5) is 4.49. The van der Waals surface area contributed by atoms with Crippen LogP contribution in [-0.2, 0) is 0 Å². The van der Waals surface area contributed by atoms with Crippen LogP contribution in [-0.4, -0.2) is 12.8 Å². The van der Waals surface area contributed by atoms with Gasteiger partial charge in [-0.3, -0.25) is 4.99 Å². The minimum atomic E-state index is 0.259. The predicted octanol–water partition coefficient (Wildman–Crippen LogP) is 3.76. The molecule has 0 radical (unpaired) electrons. The van der Waals surface area contributed by atoms with Crippen LogP contribution in [0.15, 0.2) is 53.5 Å². The van der Waals surface area contributed by atoms with Gasteiger partial charge >= 0.3 is 0 Å². The van der Waals surface area contributed by atoms with E-state index in [1.54, 1.807) is 6.21 Å². The lowest BCUT2D eigenvalue weighted by atomic mass is 10.2. The molecule has 0 bridgehead atoms. The van der Waals surface area contributed by atoms with E-state index in [-0.39, 0.29) is 6.61 Å². The van der Waals surface area contributed by atoms with Crippen LogP contribution in [0.5, 0.6) is 5.75 Å². The highest BCUT2D eigenvalue weighted by Gasteiger charge is 2.00. The van der Waals surface area contributed by atoms with Gasteiger partial charge in [0.1, 0.15) is 12.4 Å². The van der Waals surface area contributed by atoms with Crippen LogP contribution in [0.1, 0.15) is 11.1 Å². The molecule has 2 heteroatoms. The SMILES string of the molecule is C#CCOc1ccccc1C=Nc1ccccc1C. The summed E-state index contributed by atoms with van der Waals surface area (Å²) in [5.41, 5.74) is 3.01. The highest BCUT2D eigenvalue weighted by Crippen LogP contribution is 2.20. The van der Waals surface area contributed by atoms with Gasteiger partial charge in [0.05, 0.1) is 5.69 Å². The van der Waals surface area contributed by atoms with Crippen molar-refractivity contribution in [3.8, 4) is 18.1 Å². The van der Waals surface area contributed by atoms with Crippen molar-refractivity contribution in [1.29, 1.82) is 0 Å². The second-order valence-electron chi connectivity index (χ2n) is 4.08. The minimum Gasteiger partial charge on any atom is -0.480 e. The number of nitrogens with zero attached hydrogens (tertiary/aromatic N) is 1. The van der Waals surface area contributed by atoms with Crippen LogP contribution in [0.2, 0.25) is 0 Å². The molecule has 0 unspecified atom stereocenters. The quantitative estimate of drug-likeness (QED) is 0.597. The van der Waals surface area contributed by atoms with E-state index < -0.39 is 0 Å². The molecule has 0 aliphatic heterocycles. The Morgan fingerprint density at radius 2 is 1.89 bits per heavy atom. The molecule has 94 valence electrons. The standard InChI is InChI=1S/C17H15NO/c1-3-12-19-17-11-7-5-9-15(17)13-18-16-10-6-4-8-14(16)2/h1,4-11,13H,12H2,2H3. The Balaban J connectivity index is 2.24. The van der Waals surface area contributed by atoms with Crippen molar-refractivity contribution in [1.82, 2.24) is 0 Å². The number of para-hydroxylation sites is 2. The van der Waals surface area contributed by atoms with Crippen molar-refractivity contribution < 1.29 is 4.74 Å². The Bertz CT molecular complexity index is 623. The van der Waals surface area contributed by atoms with E-state index in [9.17, 15) is 0 Å². The van der Waals surface area contributed by atoms with Crippen LogP contribution in [0.4, 0.5) is 5.69 Å². The molecule has 19 heavy (non-hydrogen) atoms. The Kier molecular flexibility index (Phi) is 4.36. The average molecular weight is 249 g/mol. The lowest BCUT2D eigenvalue weighted by molar-refractivity contribution is 0.370. The van der Waals surface area contributed by atoms with Crippen LogP contribution >= 0.6 is 0 Å². The monoisotopic (exact) mass is 249 g/mol. The fourth-order valence-corrected chi connectivity index (χ4v) is 1.69. The van der Waals surface area contributed by atoms with Crippen molar-refractivity contribution in [2.24, 2.45) is 4.99 Å². The van der Waals surface area contributed by atoms with Gasteiger partial charge in [0.2, 0.25) is 0 Å². The number of hydrogen-bond acceptors (Lipinski definition) is 2. The maximum absolute atomic E-state index is 5.48. The summed E-state index contributed by atoms with van der Waals surface area (Å²) in [5, 5.41) is 0. The zero-order chi connectivity index (χ0) is 13.5. The Labute approximate surface area is 113 Å². The topological polar surface area (TPSA) is 21.6 Å². The van der Waals surface area contributed by atoms with Crippen LogP contribution in [0.25, 0.3) is 0 Å². The molecule has 0 saturated carbocycles. The molecule has 0 saturated heterocycles. The first-order valence-corrected chi connectivity index (χ1v) is 6.06. The van der Waals surface area contributed by atoms with Crippen molar-refractivity contribution >= 4 is 11.9 Å². The third-order valence-electron chi connectivity index (χ3n) is 2.69. The first-order valence-electron chi connectivity index (χ1n) is 6.06. The summed E-state index contributed by atoms with van der Waals surface area (Å²) in [6.45, 7) is 2.29. The number of aliphatic imine (C=N–C) groups is 1. The van der Waals surface area contributed by atoms with Gasteiger partial charge in [-0.2, -0.15) is 0 Å². The summed E-state index contributed by atoms with van der Waals surface area (Å²) >= 11 is 0. The predicted molar refractivity (Wildman–Crippen MR) is 79.2 cm³/mol. The summed E-state index contributed by atoms with van der Waals surface area (Å²) < 4.78 is 5.48. The number of benzene rings is 2. The fourth-order valence-electron chi connectivity index (χ4n) is 1.69. The van der Waals surface area contributed by atoms with Gasteiger partial charge in [-0.1, -0.05) is 36.3 Å². The van der Waals surface area contributed by atoms with Gasteiger partial charge in [-0.15, -0.1) is 6.42 Å². The molecule has 0 fully saturated rings. The minimum absolute atomic E-state index is 0.259. The van der Waals surface area contributed by atoms with Gasteiger partial charge in [0, 0.05) is 11.8 Å². The zero-order valence-corrected chi connectivity index (χ0v) is 10.8. The first kappa shape index (κ1) is 12.9. The summed E-state index contributed by atoms with van der Waals surface area (Å²) in [6, 6.07) is 15.7. The van der Waals surface area contributed by atoms with E-state index in [1.165, 1.54) is 0 Å². The molecule has 0 aliphatic carbocycles. The molecule has 0 amide bonds. The highest BCUT2D eigenvalue weighted by molar-refractivity contribution is 5.85. The number of ether oxygens (including phenoxy) is 1. The fraction of sp³-hybridized carbons (Fsp3) is 0.118. The molecule has 0 N–H and O–H groups in total. The zero-order valence-electron chi connectivity index (χ0n) is 10.8. The molecule has 0 aliphatic rings. The van der Waals surface area contributed by atoms with Crippen LogP contribution in [0.3, 0.4) is 0 Å². The van der Waals surface area contributed by atoms with E-state index in [0.717, 1.165) is 22.6 Å². The Morgan fingerprint density at radius 3 is 2.68 bits per heavy atom. The molecule has 2 aromatic rings. The highest BCUT2D eigenvalue weighted by atomic mass is 16.5. The lowest BCUT2D eigenvalue weighted by Gasteiger charge is -2.05. The molecule has 2 rings (SSSR count). The van der Waals surface area contributed by atoms with E-state index >= 15 is 0 Å². The number of aryl methyl sites for hydroxylation is 1. The van der Waals surface area contributed by atoms with Gasteiger partial charge in [-0.25, -0.2) is 0 Å². The Hall–Kier alpha value is -2.53. The molecular formula is C17H15NO. The molecule has 2 aromatic carbocycles. The molecule has 0 aromatic heterocycles. The second-order valence-corrected chi connectivity index (χ2v) is 4.08. The van der Waals surface area contributed by atoms with Crippen LogP contribution < -0.4 is 4.74 Å². The van der Waals surface area contributed by atoms with Crippen molar-refractivity contribution in [3.63, 3.8) is 0 Å². The molecule has 2 nitrogen and oxygen atoms in total. The third kappa shape index (κ3) is 3.46. The molecular weight excluding hydrogens is 234 g/mol. The van der Waals surface area contributed by atoms with E-state index in [2.05, 4.69) is 10.9 Å². The molecule has 0 atom stereocenters. The largest absolute Gasteiger partial charge is 0.480 e. The maximum atomic E-state index is 5.48. The van der Waals surface area contributed by atoms with E-state index in [1.807, 2.05) is 55.5 Å². The van der Waals surface area contributed by atoms with E-state index in [0.29, 0.717) is 0 Å². The smallest absolute Gasteiger partial charge is 0.148 e. The summed E-state index contributed by atoms with van der Waals surface area (Å²) in [6.07, 6.45) is 7.00. The van der Waals surface area contributed by atoms with Crippen molar-refractivity contribution in [3.05, 3.63) is 59.7 Å². The summed E-state index contributed by atoms with van der Waals surface area (Å²) in [5.74, 6) is 3.21. The maximum Gasteiger partial charge on any atom is 0.148 e. The summed E-state index contributed by atoms with van der Waals surface area (Å²) in [7, 11) is 0.